The first-order valence-corrected chi connectivity index (χ1v) is 7.58. The number of rotatable bonds is 3. The molecule has 0 radical (unpaired) electrons. The number of hydrogen-bond donors (Lipinski definition) is 2. The standard InChI is InChI=1S/C15H25N3O2/c1-14-4-10-3-11(5-14)7-15(6-10,9-14)13(19)18(2)8-12(16)17-20/h10-11,20H,3-9H2,1-2H3,(H2,16,17). The number of amides is 1. The van der Waals surface area contributed by atoms with Crippen LogP contribution in [0.25, 0.3) is 0 Å². The van der Waals surface area contributed by atoms with Gasteiger partial charge < -0.3 is 15.8 Å². The Balaban J connectivity index is 1.80. The second-order valence-electron chi connectivity index (χ2n) is 7.80. The van der Waals surface area contributed by atoms with Gasteiger partial charge in [-0.05, 0) is 55.8 Å². The van der Waals surface area contributed by atoms with E-state index in [1.807, 2.05) is 0 Å². The van der Waals surface area contributed by atoms with E-state index in [-0.39, 0.29) is 23.7 Å². The molecule has 4 fully saturated rings. The molecule has 0 aromatic rings. The second-order valence-corrected chi connectivity index (χ2v) is 7.80. The maximum Gasteiger partial charge on any atom is 0.228 e. The molecule has 4 aliphatic carbocycles. The van der Waals surface area contributed by atoms with Gasteiger partial charge in [0.2, 0.25) is 5.91 Å². The predicted molar refractivity (Wildman–Crippen MR) is 76.3 cm³/mol. The fourth-order valence-corrected chi connectivity index (χ4v) is 5.72. The van der Waals surface area contributed by atoms with Crippen molar-refractivity contribution in [2.75, 3.05) is 13.6 Å². The highest BCUT2D eigenvalue weighted by Crippen LogP contribution is 2.65. The molecule has 5 heteroatoms. The molecule has 4 aliphatic rings. The molecule has 0 aromatic heterocycles. The number of nitrogens with two attached hydrogens (primary N) is 1. The molecular weight excluding hydrogens is 254 g/mol. The van der Waals surface area contributed by atoms with Gasteiger partial charge in [-0.3, -0.25) is 4.79 Å². The molecule has 112 valence electrons. The minimum atomic E-state index is -0.177. The molecule has 5 nitrogen and oxygen atoms in total. The van der Waals surface area contributed by atoms with Crippen LogP contribution in [0.15, 0.2) is 5.16 Å². The van der Waals surface area contributed by atoms with Gasteiger partial charge in [0.1, 0.15) is 0 Å². The Bertz CT molecular complexity index is 446. The summed E-state index contributed by atoms with van der Waals surface area (Å²) < 4.78 is 0. The third kappa shape index (κ3) is 2.07. The minimum absolute atomic E-state index is 0.0943. The van der Waals surface area contributed by atoms with Gasteiger partial charge in [-0.25, -0.2) is 0 Å². The van der Waals surface area contributed by atoms with Crippen molar-refractivity contribution >= 4 is 11.7 Å². The van der Waals surface area contributed by atoms with Crippen molar-refractivity contribution in [2.45, 2.75) is 45.4 Å². The number of amidine groups is 1. The van der Waals surface area contributed by atoms with Crippen LogP contribution in [-0.4, -0.2) is 35.4 Å². The van der Waals surface area contributed by atoms with Crippen molar-refractivity contribution in [2.24, 2.45) is 33.6 Å². The predicted octanol–water partition coefficient (Wildman–Crippen LogP) is 1.80. The Hall–Kier alpha value is -1.26. The first-order valence-electron chi connectivity index (χ1n) is 7.58. The Morgan fingerprint density at radius 3 is 2.45 bits per heavy atom. The van der Waals surface area contributed by atoms with Gasteiger partial charge in [0, 0.05) is 7.05 Å². The molecule has 0 aliphatic heterocycles. The fraction of sp³-hybridized carbons (Fsp3) is 0.867. The molecule has 0 saturated heterocycles. The van der Waals surface area contributed by atoms with Crippen LogP contribution >= 0.6 is 0 Å². The number of hydrogen-bond acceptors (Lipinski definition) is 3. The molecule has 4 bridgehead atoms. The average Bonchev–Trinajstić information content (AvgIpc) is 2.34. The Labute approximate surface area is 120 Å². The van der Waals surface area contributed by atoms with E-state index in [9.17, 15) is 4.79 Å². The molecule has 3 N–H and O–H groups in total. The highest BCUT2D eigenvalue weighted by Gasteiger charge is 2.59. The van der Waals surface area contributed by atoms with Gasteiger partial charge in [-0.2, -0.15) is 0 Å². The number of carbonyl (C=O) groups excluding carboxylic acids is 1. The Morgan fingerprint density at radius 1 is 1.35 bits per heavy atom. The third-order valence-electron chi connectivity index (χ3n) is 5.68. The topological polar surface area (TPSA) is 78.9 Å². The lowest BCUT2D eigenvalue weighted by Gasteiger charge is -2.60. The first kappa shape index (κ1) is 13.7. The largest absolute Gasteiger partial charge is 0.409 e. The maximum atomic E-state index is 12.9. The number of nitrogens with zero attached hydrogens (tertiary/aromatic N) is 2. The monoisotopic (exact) mass is 279 g/mol. The zero-order valence-corrected chi connectivity index (χ0v) is 12.4. The summed E-state index contributed by atoms with van der Waals surface area (Å²) in [6, 6.07) is 0. The lowest BCUT2D eigenvalue weighted by Crippen LogP contribution is -2.57. The maximum absolute atomic E-state index is 12.9. The molecule has 20 heavy (non-hydrogen) atoms. The molecule has 0 heterocycles. The Kier molecular flexibility index (Phi) is 2.99. The van der Waals surface area contributed by atoms with Crippen LogP contribution in [0.4, 0.5) is 0 Å². The normalized spacial score (nSPS) is 42.8. The van der Waals surface area contributed by atoms with Gasteiger partial charge in [-0.15, -0.1) is 0 Å². The van der Waals surface area contributed by atoms with E-state index >= 15 is 0 Å². The van der Waals surface area contributed by atoms with Crippen molar-refractivity contribution in [3.8, 4) is 0 Å². The number of oxime groups is 1. The van der Waals surface area contributed by atoms with Gasteiger partial charge in [0.25, 0.3) is 0 Å². The summed E-state index contributed by atoms with van der Waals surface area (Å²) in [5.74, 6) is 1.74. The van der Waals surface area contributed by atoms with E-state index in [2.05, 4.69) is 12.1 Å². The zero-order valence-electron chi connectivity index (χ0n) is 12.4. The molecule has 1 amide bonds. The zero-order chi connectivity index (χ0) is 14.5. The van der Waals surface area contributed by atoms with Gasteiger partial charge >= 0.3 is 0 Å². The van der Waals surface area contributed by atoms with Gasteiger partial charge in [-0.1, -0.05) is 12.1 Å². The highest BCUT2D eigenvalue weighted by atomic mass is 16.4. The molecule has 4 rings (SSSR count). The lowest BCUT2D eigenvalue weighted by molar-refractivity contribution is -0.164. The summed E-state index contributed by atoms with van der Waals surface area (Å²) in [5, 5.41) is 11.6. The van der Waals surface area contributed by atoms with Crippen molar-refractivity contribution in [1.82, 2.24) is 4.90 Å². The summed E-state index contributed by atoms with van der Waals surface area (Å²) in [4.78, 5) is 14.6. The summed E-state index contributed by atoms with van der Waals surface area (Å²) in [5.41, 5.74) is 5.72. The SMILES string of the molecule is CN(CC(N)=NO)C(=O)C12CC3CC(CC(C)(C3)C1)C2. The van der Waals surface area contributed by atoms with Gasteiger partial charge in [0.05, 0.1) is 12.0 Å². The van der Waals surface area contributed by atoms with Gasteiger partial charge in [0.15, 0.2) is 5.84 Å². The van der Waals surface area contributed by atoms with Crippen LogP contribution in [0.2, 0.25) is 0 Å². The van der Waals surface area contributed by atoms with E-state index in [0.717, 1.165) is 31.1 Å². The summed E-state index contributed by atoms with van der Waals surface area (Å²) >= 11 is 0. The van der Waals surface area contributed by atoms with Crippen LogP contribution in [0.5, 0.6) is 0 Å². The smallest absolute Gasteiger partial charge is 0.228 e. The minimum Gasteiger partial charge on any atom is -0.409 e. The summed E-state index contributed by atoms with van der Waals surface area (Å²) in [6.45, 7) is 2.57. The Morgan fingerprint density at radius 2 is 1.95 bits per heavy atom. The fourth-order valence-electron chi connectivity index (χ4n) is 5.72. The van der Waals surface area contributed by atoms with E-state index < -0.39 is 0 Å². The van der Waals surface area contributed by atoms with E-state index in [4.69, 9.17) is 10.9 Å². The first-order chi connectivity index (χ1) is 9.36. The van der Waals surface area contributed by atoms with Crippen molar-refractivity contribution < 1.29 is 10.0 Å². The van der Waals surface area contributed by atoms with E-state index in [0.29, 0.717) is 5.41 Å². The van der Waals surface area contributed by atoms with Crippen LogP contribution in [0, 0.1) is 22.7 Å². The molecule has 2 atom stereocenters. The second kappa shape index (κ2) is 4.37. The highest BCUT2D eigenvalue weighted by molar-refractivity contribution is 5.89. The number of likely N-dealkylation sites (N-methyl/N-ethyl adjacent to an activating group) is 1. The van der Waals surface area contributed by atoms with Crippen molar-refractivity contribution in [3.63, 3.8) is 0 Å². The van der Waals surface area contributed by atoms with E-state index in [1.165, 1.54) is 19.3 Å². The number of carbonyl (C=O) groups is 1. The van der Waals surface area contributed by atoms with E-state index in [1.54, 1.807) is 11.9 Å². The molecule has 4 saturated carbocycles. The molecule has 0 aromatic carbocycles. The molecular formula is C15H25N3O2. The van der Waals surface area contributed by atoms with Crippen LogP contribution < -0.4 is 5.73 Å². The molecule has 2 unspecified atom stereocenters. The lowest BCUT2D eigenvalue weighted by atomic mass is 9.44. The van der Waals surface area contributed by atoms with Crippen LogP contribution in [0.1, 0.15) is 45.4 Å². The third-order valence-corrected chi connectivity index (χ3v) is 5.68. The van der Waals surface area contributed by atoms with Crippen molar-refractivity contribution in [1.29, 1.82) is 0 Å². The summed E-state index contributed by atoms with van der Waals surface area (Å²) in [6.07, 6.45) is 7.00. The summed E-state index contributed by atoms with van der Waals surface area (Å²) in [7, 11) is 1.77. The quantitative estimate of drug-likeness (QED) is 0.358. The molecule has 0 spiro atoms. The van der Waals surface area contributed by atoms with Crippen LogP contribution in [-0.2, 0) is 4.79 Å². The van der Waals surface area contributed by atoms with Crippen LogP contribution in [0.3, 0.4) is 0 Å². The van der Waals surface area contributed by atoms with Crippen molar-refractivity contribution in [3.05, 3.63) is 0 Å². The average molecular weight is 279 g/mol.